The predicted octanol–water partition coefficient (Wildman–Crippen LogP) is 4.92. The zero-order chi connectivity index (χ0) is 24.5. The molecule has 36 heavy (non-hydrogen) atoms. The lowest BCUT2D eigenvalue weighted by molar-refractivity contribution is 0.102. The fraction of sp³-hybridized carbons (Fsp3) is 0.0714. The van der Waals surface area contributed by atoms with Crippen molar-refractivity contribution in [1.29, 1.82) is 5.26 Å². The minimum atomic E-state index is -0.182. The fourth-order valence-electron chi connectivity index (χ4n) is 4.56. The molecule has 0 saturated heterocycles. The zero-order valence-corrected chi connectivity index (χ0v) is 19.2. The second-order valence-corrected chi connectivity index (χ2v) is 8.55. The first-order valence-corrected chi connectivity index (χ1v) is 11.5. The molecule has 2 aromatic heterocycles. The van der Waals surface area contributed by atoms with E-state index in [1.165, 1.54) is 6.33 Å². The van der Waals surface area contributed by atoms with Crippen LogP contribution in [-0.2, 0) is 6.54 Å². The number of rotatable bonds is 5. The van der Waals surface area contributed by atoms with Gasteiger partial charge in [-0.15, -0.1) is 0 Å². The number of nitriles is 1. The summed E-state index contributed by atoms with van der Waals surface area (Å²) in [5, 5.41) is 19.2. The third-order valence-corrected chi connectivity index (χ3v) is 6.28. The number of hydrazine groups is 1. The van der Waals surface area contributed by atoms with E-state index >= 15 is 0 Å². The topological polar surface area (TPSA) is 101 Å². The Morgan fingerprint density at radius 3 is 2.81 bits per heavy atom. The molecule has 2 N–H and O–H groups in total. The number of benzene rings is 3. The monoisotopic (exact) mass is 471 g/mol. The van der Waals surface area contributed by atoms with Crippen LogP contribution in [0.5, 0.6) is 0 Å². The van der Waals surface area contributed by atoms with Crippen molar-refractivity contribution in [2.24, 2.45) is 0 Å². The van der Waals surface area contributed by atoms with Crippen molar-refractivity contribution in [3.05, 3.63) is 108 Å². The highest BCUT2D eigenvalue weighted by atomic mass is 16.1. The van der Waals surface area contributed by atoms with Gasteiger partial charge in [0, 0.05) is 40.0 Å². The minimum absolute atomic E-state index is 0.182. The molecule has 1 aliphatic rings. The fourth-order valence-corrected chi connectivity index (χ4v) is 4.56. The summed E-state index contributed by atoms with van der Waals surface area (Å²) in [6, 6.07) is 23.2. The van der Waals surface area contributed by atoms with Crippen molar-refractivity contribution < 1.29 is 4.79 Å². The van der Waals surface area contributed by atoms with Gasteiger partial charge in [0.25, 0.3) is 5.91 Å². The Hall–Kier alpha value is -5.16. The molecule has 6 rings (SSSR count). The Bertz CT molecular complexity index is 1680. The molecule has 3 heterocycles. The van der Waals surface area contributed by atoms with Gasteiger partial charge in [-0.3, -0.25) is 9.80 Å². The molecule has 1 amide bonds. The van der Waals surface area contributed by atoms with E-state index in [2.05, 4.69) is 26.5 Å². The molecule has 0 radical (unpaired) electrons. The molecule has 0 fully saturated rings. The van der Waals surface area contributed by atoms with Gasteiger partial charge in [-0.05, 0) is 35.2 Å². The average molecular weight is 472 g/mol. The first-order chi connectivity index (χ1) is 17.7. The number of H-pyrrole nitrogens is 1. The van der Waals surface area contributed by atoms with E-state index in [1.807, 2.05) is 84.1 Å². The summed E-state index contributed by atoms with van der Waals surface area (Å²) in [5.74, 6) is -0.182. The van der Waals surface area contributed by atoms with Gasteiger partial charge in [0.05, 0.1) is 18.8 Å². The molecule has 5 aromatic rings. The van der Waals surface area contributed by atoms with Crippen LogP contribution in [0.25, 0.3) is 27.4 Å². The van der Waals surface area contributed by atoms with Gasteiger partial charge in [-0.1, -0.05) is 48.5 Å². The molecule has 3 aromatic carbocycles. The van der Waals surface area contributed by atoms with Crippen LogP contribution in [0.3, 0.4) is 0 Å². The molecule has 0 atom stereocenters. The molecule has 1 aliphatic heterocycles. The number of hydrogen-bond donors (Lipinski definition) is 2. The SMILES string of the molecule is N#CN1CC(c2ncnc3[nH]ccc23)=CN1Cc1cccc(C(=O)Nc2cccc3ccccc23)c1. The van der Waals surface area contributed by atoms with E-state index in [0.717, 1.165) is 44.3 Å². The smallest absolute Gasteiger partial charge is 0.255 e. The molecule has 0 unspecified atom stereocenters. The molecule has 0 bridgehead atoms. The third-order valence-electron chi connectivity index (χ3n) is 6.28. The van der Waals surface area contributed by atoms with Gasteiger partial charge in [0.2, 0.25) is 0 Å². The van der Waals surface area contributed by atoms with E-state index in [0.29, 0.717) is 18.7 Å². The Balaban J connectivity index is 1.24. The largest absolute Gasteiger partial charge is 0.346 e. The van der Waals surface area contributed by atoms with E-state index in [1.54, 1.807) is 11.1 Å². The quantitative estimate of drug-likeness (QED) is 0.353. The molecule has 0 saturated carbocycles. The summed E-state index contributed by atoms with van der Waals surface area (Å²) in [6.45, 7) is 0.850. The normalized spacial score (nSPS) is 13.1. The first-order valence-electron chi connectivity index (χ1n) is 11.5. The maximum absolute atomic E-state index is 13.1. The number of nitrogens with one attached hydrogen (secondary N) is 2. The van der Waals surface area contributed by atoms with Crippen molar-refractivity contribution in [2.75, 3.05) is 11.9 Å². The highest BCUT2D eigenvalue weighted by Crippen LogP contribution is 2.28. The van der Waals surface area contributed by atoms with Crippen molar-refractivity contribution in [3.8, 4) is 6.19 Å². The van der Waals surface area contributed by atoms with Crippen LogP contribution < -0.4 is 5.32 Å². The highest BCUT2D eigenvalue weighted by Gasteiger charge is 2.24. The predicted molar refractivity (Wildman–Crippen MR) is 138 cm³/mol. The van der Waals surface area contributed by atoms with Crippen LogP contribution in [0.2, 0.25) is 0 Å². The first kappa shape index (κ1) is 21.4. The second-order valence-electron chi connectivity index (χ2n) is 8.55. The van der Waals surface area contributed by atoms with Crippen LogP contribution in [-0.4, -0.2) is 37.4 Å². The lowest BCUT2D eigenvalue weighted by Crippen LogP contribution is -2.30. The maximum Gasteiger partial charge on any atom is 0.255 e. The molecule has 0 aliphatic carbocycles. The molecular weight excluding hydrogens is 450 g/mol. The number of anilines is 1. The molecule has 174 valence electrons. The van der Waals surface area contributed by atoms with E-state index in [9.17, 15) is 10.1 Å². The van der Waals surface area contributed by atoms with Crippen LogP contribution in [0.1, 0.15) is 21.6 Å². The minimum Gasteiger partial charge on any atom is -0.346 e. The molecule has 0 spiro atoms. The number of aromatic amines is 1. The molecular formula is C28H21N7O. The number of carbonyl (C=O) groups excluding carboxylic acids is 1. The van der Waals surface area contributed by atoms with Gasteiger partial charge >= 0.3 is 0 Å². The van der Waals surface area contributed by atoms with Crippen LogP contribution >= 0.6 is 0 Å². The third kappa shape index (κ3) is 3.89. The Morgan fingerprint density at radius 1 is 1.03 bits per heavy atom. The molecule has 8 nitrogen and oxygen atoms in total. The van der Waals surface area contributed by atoms with Crippen LogP contribution in [0.15, 0.2) is 91.5 Å². The summed E-state index contributed by atoms with van der Waals surface area (Å²) >= 11 is 0. The summed E-state index contributed by atoms with van der Waals surface area (Å²) in [6.07, 6.45) is 7.52. The van der Waals surface area contributed by atoms with Gasteiger partial charge < -0.3 is 10.3 Å². The summed E-state index contributed by atoms with van der Waals surface area (Å²) in [5.41, 5.74) is 4.71. The number of carbonyl (C=O) groups is 1. The number of aromatic nitrogens is 3. The van der Waals surface area contributed by atoms with Crippen LogP contribution in [0.4, 0.5) is 5.69 Å². The Kier molecular flexibility index (Phi) is 5.28. The molecule has 8 heteroatoms. The van der Waals surface area contributed by atoms with Gasteiger partial charge in [0.15, 0.2) is 6.19 Å². The average Bonchev–Trinajstić information content (AvgIpc) is 3.56. The van der Waals surface area contributed by atoms with Crippen molar-refractivity contribution >= 4 is 39.0 Å². The lowest BCUT2D eigenvalue weighted by Gasteiger charge is -2.23. The standard InChI is InChI=1S/C28H21N7O/c29-17-35-16-22(26-24-11-12-30-27(24)32-18-31-26)15-34(35)14-19-5-3-8-21(13-19)28(36)33-25-10-4-7-20-6-1-2-9-23(20)25/h1-13,15,18H,14,16H2,(H,33,36)(H,30,31,32). The second kappa shape index (κ2) is 8.89. The van der Waals surface area contributed by atoms with E-state index < -0.39 is 0 Å². The van der Waals surface area contributed by atoms with Crippen molar-refractivity contribution in [3.63, 3.8) is 0 Å². The Morgan fingerprint density at radius 2 is 1.89 bits per heavy atom. The Labute approximate surface area is 207 Å². The van der Waals surface area contributed by atoms with Gasteiger partial charge in [-0.25, -0.2) is 15.0 Å². The summed E-state index contributed by atoms with van der Waals surface area (Å²) < 4.78 is 0. The number of amides is 1. The van der Waals surface area contributed by atoms with Crippen molar-refractivity contribution in [1.82, 2.24) is 25.0 Å². The highest BCUT2D eigenvalue weighted by molar-refractivity contribution is 6.09. The lowest BCUT2D eigenvalue weighted by atomic mass is 10.1. The van der Waals surface area contributed by atoms with E-state index in [-0.39, 0.29) is 5.91 Å². The zero-order valence-electron chi connectivity index (χ0n) is 19.2. The van der Waals surface area contributed by atoms with Gasteiger partial charge in [-0.2, -0.15) is 5.26 Å². The summed E-state index contributed by atoms with van der Waals surface area (Å²) in [7, 11) is 0. The van der Waals surface area contributed by atoms with E-state index in [4.69, 9.17) is 0 Å². The maximum atomic E-state index is 13.1. The number of fused-ring (bicyclic) bond motifs is 2. The summed E-state index contributed by atoms with van der Waals surface area (Å²) in [4.78, 5) is 24.9. The van der Waals surface area contributed by atoms with Crippen LogP contribution in [0, 0.1) is 11.5 Å². The number of hydrogen-bond acceptors (Lipinski definition) is 6. The van der Waals surface area contributed by atoms with Gasteiger partial charge in [0.1, 0.15) is 12.0 Å². The van der Waals surface area contributed by atoms with Crippen molar-refractivity contribution in [2.45, 2.75) is 6.54 Å². The number of nitrogens with zero attached hydrogens (tertiary/aromatic N) is 5.